The Morgan fingerprint density at radius 3 is 2.65 bits per heavy atom. The van der Waals surface area contributed by atoms with Crippen molar-refractivity contribution in [3.05, 3.63) is 78.0 Å². The van der Waals surface area contributed by atoms with Gasteiger partial charge in [0.15, 0.2) is 5.78 Å². The molecule has 0 fully saturated rings. The smallest absolute Gasteiger partial charge is 0.159 e. The van der Waals surface area contributed by atoms with E-state index in [1.54, 1.807) is 6.08 Å². The number of alkyl halides is 1. The molecule has 3 heteroatoms. The summed E-state index contributed by atoms with van der Waals surface area (Å²) in [5.41, 5.74) is 3.24. The average Bonchev–Trinajstić information content (AvgIpc) is 2.56. The lowest BCUT2D eigenvalue weighted by Gasteiger charge is -2.51. The van der Waals surface area contributed by atoms with Crippen molar-refractivity contribution in [1.29, 1.82) is 0 Å². The van der Waals surface area contributed by atoms with Crippen LogP contribution in [0.25, 0.3) is 0 Å². The maximum absolute atomic E-state index is 12.2. The number of halogens is 1. The van der Waals surface area contributed by atoms with Gasteiger partial charge < -0.3 is 4.90 Å². The largest absolute Gasteiger partial charge is 0.339 e. The number of anilines is 1. The number of ketones is 1. The first-order valence-electron chi connectivity index (χ1n) is 7.95. The number of carbonyl (C=O) groups is 1. The molecular weight excluding hydrogens is 306 g/mol. The van der Waals surface area contributed by atoms with Gasteiger partial charge in [-0.25, -0.2) is 0 Å². The van der Waals surface area contributed by atoms with E-state index in [2.05, 4.69) is 29.2 Å². The highest BCUT2D eigenvalue weighted by Crippen LogP contribution is 2.45. The molecule has 0 aromatic heterocycles. The van der Waals surface area contributed by atoms with Crippen LogP contribution >= 0.6 is 11.6 Å². The molecule has 0 bridgehead atoms. The van der Waals surface area contributed by atoms with Crippen molar-refractivity contribution in [2.24, 2.45) is 0 Å². The van der Waals surface area contributed by atoms with Crippen molar-refractivity contribution in [3.63, 3.8) is 0 Å². The van der Waals surface area contributed by atoms with E-state index in [1.807, 2.05) is 36.5 Å². The van der Waals surface area contributed by atoms with E-state index in [-0.39, 0.29) is 16.7 Å². The monoisotopic (exact) mass is 323 g/mol. The van der Waals surface area contributed by atoms with E-state index >= 15 is 0 Å². The molecule has 0 spiro atoms. The number of fused-ring (bicyclic) bond motifs is 3. The summed E-state index contributed by atoms with van der Waals surface area (Å²) >= 11 is 6.86. The molecule has 4 rings (SSSR count). The minimum atomic E-state index is -0.386. The van der Waals surface area contributed by atoms with Crippen molar-refractivity contribution in [2.45, 2.75) is 30.2 Å². The molecular formula is C20H18ClNO. The molecule has 23 heavy (non-hydrogen) atoms. The van der Waals surface area contributed by atoms with E-state index < -0.39 is 0 Å². The average molecular weight is 324 g/mol. The second-order valence-corrected chi connectivity index (χ2v) is 6.92. The second kappa shape index (κ2) is 5.54. The summed E-state index contributed by atoms with van der Waals surface area (Å²) in [6, 6.07) is 18.7. The summed E-state index contributed by atoms with van der Waals surface area (Å²) in [7, 11) is 0. The number of hydrogen-bond donors (Lipinski definition) is 0. The topological polar surface area (TPSA) is 20.3 Å². The number of hydrogen-bond acceptors (Lipinski definition) is 2. The van der Waals surface area contributed by atoms with Crippen LogP contribution in [0.4, 0.5) is 5.69 Å². The quantitative estimate of drug-likeness (QED) is 0.775. The van der Waals surface area contributed by atoms with Crippen LogP contribution in [0.2, 0.25) is 0 Å². The van der Waals surface area contributed by atoms with E-state index in [9.17, 15) is 4.79 Å². The normalized spacial score (nSPS) is 25.9. The van der Waals surface area contributed by atoms with Gasteiger partial charge in [0.25, 0.3) is 0 Å². The number of para-hydroxylation sites is 1. The zero-order chi connectivity index (χ0) is 15.9. The van der Waals surface area contributed by atoms with Gasteiger partial charge in [0.1, 0.15) is 0 Å². The molecule has 2 unspecified atom stereocenters. The Morgan fingerprint density at radius 1 is 1.09 bits per heavy atom. The number of nitrogens with zero attached hydrogens (tertiary/aromatic N) is 1. The van der Waals surface area contributed by atoms with Crippen LogP contribution in [0, 0.1) is 0 Å². The lowest BCUT2D eigenvalue weighted by Crippen LogP contribution is -2.60. The summed E-state index contributed by atoms with van der Waals surface area (Å²) in [4.78, 5) is 14.4. The van der Waals surface area contributed by atoms with E-state index in [1.165, 1.54) is 16.8 Å². The first kappa shape index (κ1) is 14.5. The predicted octanol–water partition coefficient (Wildman–Crippen LogP) is 4.12. The molecule has 2 aliphatic rings. The lowest BCUT2D eigenvalue weighted by atomic mass is 9.74. The first-order valence-corrected chi connectivity index (χ1v) is 8.39. The van der Waals surface area contributed by atoms with E-state index in [0.717, 1.165) is 12.8 Å². The van der Waals surface area contributed by atoms with Gasteiger partial charge in [0.2, 0.25) is 0 Å². The fourth-order valence-corrected chi connectivity index (χ4v) is 4.27. The number of rotatable bonds is 2. The van der Waals surface area contributed by atoms with Crippen molar-refractivity contribution >= 4 is 23.1 Å². The third kappa shape index (κ3) is 2.38. The summed E-state index contributed by atoms with van der Waals surface area (Å²) in [6.45, 7) is 0. The highest BCUT2D eigenvalue weighted by atomic mass is 35.5. The van der Waals surface area contributed by atoms with Gasteiger partial charge in [0, 0.05) is 18.3 Å². The fraction of sp³-hybridized carbons (Fsp3) is 0.250. The molecule has 0 saturated carbocycles. The molecule has 2 nitrogen and oxygen atoms in total. The highest BCUT2D eigenvalue weighted by molar-refractivity contribution is 6.22. The number of benzene rings is 2. The van der Waals surface area contributed by atoms with Gasteiger partial charge >= 0.3 is 0 Å². The molecule has 0 N–H and O–H groups in total. The van der Waals surface area contributed by atoms with Gasteiger partial charge in [0.05, 0.1) is 10.9 Å². The second-order valence-electron chi connectivity index (χ2n) is 6.40. The molecule has 0 aliphatic carbocycles. The minimum Gasteiger partial charge on any atom is -0.339 e. The van der Waals surface area contributed by atoms with Gasteiger partial charge in [-0.1, -0.05) is 48.5 Å². The van der Waals surface area contributed by atoms with Crippen LogP contribution in [0.1, 0.15) is 17.5 Å². The number of carbonyl (C=O) groups excluding carboxylic acids is 1. The van der Waals surface area contributed by atoms with Crippen molar-refractivity contribution in [2.75, 3.05) is 4.90 Å². The zero-order valence-electron chi connectivity index (χ0n) is 12.8. The lowest BCUT2D eigenvalue weighted by molar-refractivity contribution is -0.116. The molecule has 116 valence electrons. The molecule has 2 aliphatic heterocycles. The van der Waals surface area contributed by atoms with Crippen LogP contribution in [0.5, 0.6) is 0 Å². The molecule has 0 radical (unpaired) electrons. The van der Waals surface area contributed by atoms with Gasteiger partial charge in [-0.15, -0.1) is 11.6 Å². The Morgan fingerprint density at radius 2 is 1.83 bits per heavy atom. The standard InChI is InChI=1S/C20H18ClNO/c21-19-12-16-8-4-5-9-18(16)22-11-10-17(23)14-20(19,22)13-15-6-2-1-3-7-15/h1-11,19H,12-14H2. The van der Waals surface area contributed by atoms with E-state index in [0.29, 0.717) is 6.42 Å². The zero-order valence-corrected chi connectivity index (χ0v) is 13.5. The maximum atomic E-state index is 12.2. The van der Waals surface area contributed by atoms with Crippen molar-refractivity contribution in [1.82, 2.24) is 0 Å². The summed E-state index contributed by atoms with van der Waals surface area (Å²) in [6.07, 6.45) is 5.62. The predicted molar refractivity (Wildman–Crippen MR) is 93.9 cm³/mol. The summed E-state index contributed by atoms with van der Waals surface area (Å²) < 4.78 is 0. The van der Waals surface area contributed by atoms with Crippen LogP contribution in [-0.2, 0) is 17.6 Å². The molecule has 2 aromatic rings. The minimum absolute atomic E-state index is 0.105. The molecule has 2 atom stereocenters. The first-order chi connectivity index (χ1) is 11.2. The highest BCUT2D eigenvalue weighted by Gasteiger charge is 2.49. The van der Waals surface area contributed by atoms with Crippen molar-refractivity contribution < 1.29 is 4.79 Å². The fourth-order valence-electron chi connectivity index (χ4n) is 3.84. The third-order valence-electron chi connectivity index (χ3n) is 4.96. The third-order valence-corrected chi connectivity index (χ3v) is 5.52. The van der Waals surface area contributed by atoms with Crippen LogP contribution < -0.4 is 4.90 Å². The Hall–Kier alpha value is -2.06. The summed E-state index contributed by atoms with van der Waals surface area (Å²) in [5.74, 6) is 0.155. The van der Waals surface area contributed by atoms with E-state index in [4.69, 9.17) is 11.6 Å². The van der Waals surface area contributed by atoms with Crippen molar-refractivity contribution in [3.8, 4) is 0 Å². The van der Waals surface area contributed by atoms with Gasteiger partial charge in [-0.3, -0.25) is 4.79 Å². The van der Waals surface area contributed by atoms with Gasteiger partial charge in [-0.2, -0.15) is 0 Å². The molecule has 2 aromatic carbocycles. The maximum Gasteiger partial charge on any atom is 0.159 e. The Bertz CT molecular complexity index is 770. The Labute approximate surface area is 141 Å². The number of allylic oxidation sites excluding steroid dienone is 1. The van der Waals surface area contributed by atoms with Gasteiger partial charge in [-0.05, 0) is 36.1 Å². The molecule has 0 saturated heterocycles. The SMILES string of the molecule is O=C1C=CN2c3ccccc3CC(Cl)C2(Cc2ccccc2)C1. The Balaban J connectivity index is 1.84. The molecule has 0 amide bonds. The van der Waals surface area contributed by atoms with Crippen LogP contribution in [0.3, 0.4) is 0 Å². The van der Waals surface area contributed by atoms with Crippen LogP contribution in [-0.4, -0.2) is 16.7 Å². The Kier molecular flexibility index (Phi) is 3.50. The molecule has 2 heterocycles. The van der Waals surface area contributed by atoms with Crippen LogP contribution in [0.15, 0.2) is 66.9 Å². The summed E-state index contributed by atoms with van der Waals surface area (Å²) in [5, 5.41) is -0.105.